The molecule has 2 aliphatic rings. The summed E-state index contributed by atoms with van der Waals surface area (Å²) in [6.45, 7) is 5.82. The van der Waals surface area contributed by atoms with E-state index in [1.165, 1.54) is 29.7 Å². The lowest BCUT2D eigenvalue weighted by molar-refractivity contribution is -0.121. The number of thiophene rings is 1. The highest BCUT2D eigenvalue weighted by Crippen LogP contribution is 2.37. The molecule has 1 fully saturated rings. The summed E-state index contributed by atoms with van der Waals surface area (Å²) in [6.07, 6.45) is 5.47. The SMILES string of the molecule is COC(=O)c1c(NC(=O)CN2C[C@@H](C)O[C@@H](C)C2)sc2c1CCCCC2. The molecule has 26 heavy (non-hydrogen) atoms. The monoisotopic (exact) mass is 380 g/mol. The molecule has 1 saturated heterocycles. The predicted octanol–water partition coefficient (Wildman–Crippen LogP) is 2.85. The lowest BCUT2D eigenvalue weighted by Gasteiger charge is -2.34. The molecular formula is C19H28N2O4S. The fourth-order valence-corrected chi connectivity index (χ4v) is 5.23. The Morgan fingerprint density at radius 3 is 2.58 bits per heavy atom. The Hall–Kier alpha value is -1.44. The van der Waals surface area contributed by atoms with Crippen LogP contribution in [0.2, 0.25) is 0 Å². The van der Waals surface area contributed by atoms with E-state index in [2.05, 4.69) is 10.2 Å². The van der Waals surface area contributed by atoms with Gasteiger partial charge in [-0.2, -0.15) is 0 Å². The smallest absolute Gasteiger partial charge is 0.341 e. The van der Waals surface area contributed by atoms with Crippen molar-refractivity contribution in [3.8, 4) is 0 Å². The summed E-state index contributed by atoms with van der Waals surface area (Å²) in [5.41, 5.74) is 1.63. The highest BCUT2D eigenvalue weighted by Gasteiger charge is 2.28. The second-order valence-corrected chi connectivity index (χ2v) is 8.36. The third-order valence-electron chi connectivity index (χ3n) is 4.93. The Labute approximate surface area is 158 Å². The van der Waals surface area contributed by atoms with Crippen molar-refractivity contribution in [3.63, 3.8) is 0 Å². The molecular weight excluding hydrogens is 352 g/mol. The molecule has 144 valence electrons. The summed E-state index contributed by atoms with van der Waals surface area (Å²) in [6, 6.07) is 0. The van der Waals surface area contributed by atoms with Crippen LogP contribution in [0.15, 0.2) is 0 Å². The zero-order chi connectivity index (χ0) is 18.7. The molecule has 0 aromatic carbocycles. The topological polar surface area (TPSA) is 67.9 Å². The fraction of sp³-hybridized carbons (Fsp3) is 0.684. The first-order chi connectivity index (χ1) is 12.5. The minimum atomic E-state index is -0.353. The fourth-order valence-electron chi connectivity index (χ4n) is 3.93. The van der Waals surface area contributed by atoms with Crippen LogP contribution in [0.4, 0.5) is 5.00 Å². The van der Waals surface area contributed by atoms with Crippen LogP contribution in [0.25, 0.3) is 0 Å². The number of carbonyl (C=O) groups excluding carboxylic acids is 2. The van der Waals surface area contributed by atoms with Gasteiger partial charge in [0.25, 0.3) is 0 Å². The van der Waals surface area contributed by atoms with E-state index < -0.39 is 0 Å². The lowest BCUT2D eigenvalue weighted by Crippen LogP contribution is -2.48. The van der Waals surface area contributed by atoms with Crippen LogP contribution >= 0.6 is 11.3 Å². The van der Waals surface area contributed by atoms with Crippen molar-refractivity contribution in [1.29, 1.82) is 0 Å². The summed E-state index contributed by atoms with van der Waals surface area (Å²) in [5.74, 6) is -0.443. The first-order valence-corrected chi connectivity index (χ1v) is 10.2. The largest absolute Gasteiger partial charge is 0.465 e. The van der Waals surface area contributed by atoms with Crippen LogP contribution < -0.4 is 5.32 Å². The van der Waals surface area contributed by atoms with Crippen molar-refractivity contribution in [2.75, 3.05) is 32.1 Å². The molecule has 2 heterocycles. The Balaban J connectivity index is 1.74. The van der Waals surface area contributed by atoms with Crippen molar-refractivity contribution < 1.29 is 19.1 Å². The van der Waals surface area contributed by atoms with E-state index in [4.69, 9.17) is 9.47 Å². The second kappa shape index (κ2) is 8.50. The maximum Gasteiger partial charge on any atom is 0.341 e. The van der Waals surface area contributed by atoms with E-state index in [-0.39, 0.29) is 24.1 Å². The summed E-state index contributed by atoms with van der Waals surface area (Å²) in [4.78, 5) is 28.3. The summed E-state index contributed by atoms with van der Waals surface area (Å²) < 4.78 is 10.7. The zero-order valence-electron chi connectivity index (χ0n) is 15.8. The maximum atomic E-state index is 12.6. The van der Waals surface area contributed by atoms with Crippen molar-refractivity contribution in [3.05, 3.63) is 16.0 Å². The molecule has 1 aromatic rings. The number of hydrogen-bond donors (Lipinski definition) is 1. The van der Waals surface area contributed by atoms with Gasteiger partial charge in [-0.1, -0.05) is 6.42 Å². The maximum absolute atomic E-state index is 12.6. The van der Waals surface area contributed by atoms with Gasteiger partial charge in [-0.25, -0.2) is 4.79 Å². The molecule has 0 spiro atoms. The van der Waals surface area contributed by atoms with Gasteiger partial charge >= 0.3 is 5.97 Å². The molecule has 1 N–H and O–H groups in total. The van der Waals surface area contributed by atoms with Gasteiger partial charge in [0, 0.05) is 18.0 Å². The molecule has 1 aliphatic carbocycles. The highest BCUT2D eigenvalue weighted by atomic mass is 32.1. The molecule has 6 nitrogen and oxygen atoms in total. The van der Waals surface area contributed by atoms with E-state index in [1.54, 1.807) is 0 Å². The first-order valence-electron chi connectivity index (χ1n) is 9.38. The van der Waals surface area contributed by atoms with E-state index in [1.807, 2.05) is 13.8 Å². The van der Waals surface area contributed by atoms with Gasteiger partial charge in [0.2, 0.25) is 5.91 Å². The van der Waals surface area contributed by atoms with Crippen molar-refractivity contribution in [2.24, 2.45) is 0 Å². The number of anilines is 1. The predicted molar refractivity (Wildman–Crippen MR) is 102 cm³/mol. The van der Waals surface area contributed by atoms with Crippen LogP contribution in [0.5, 0.6) is 0 Å². The molecule has 0 unspecified atom stereocenters. The number of rotatable bonds is 4. The normalized spacial score (nSPS) is 23.8. The van der Waals surface area contributed by atoms with E-state index in [0.717, 1.165) is 44.3 Å². The van der Waals surface area contributed by atoms with Gasteiger partial charge in [-0.15, -0.1) is 11.3 Å². The number of carbonyl (C=O) groups is 2. The molecule has 1 amide bonds. The minimum absolute atomic E-state index is 0.0899. The molecule has 1 aliphatic heterocycles. The molecule has 2 atom stereocenters. The number of methoxy groups -OCH3 is 1. The third kappa shape index (κ3) is 4.45. The van der Waals surface area contributed by atoms with E-state index in [0.29, 0.717) is 17.1 Å². The van der Waals surface area contributed by atoms with Crippen molar-refractivity contribution in [2.45, 2.75) is 58.2 Å². The Morgan fingerprint density at radius 2 is 1.88 bits per heavy atom. The minimum Gasteiger partial charge on any atom is -0.465 e. The number of esters is 1. The number of nitrogens with zero attached hydrogens (tertiary/aromatic N) is 1. The van der Waals surface area contributed by atoms with Crippen LogP contribution in [0.3, 0.4) is 0 Å². The number of nitrogens with one attached hydrogen (secondary N) is 1. The summed E-state index contributed by atoms with van der Waals surface area (Å²) in [5, 5.41) is 3.62. The molecule has 1 aromatic heterocycles. The van der Waals surface area contributed by atoms with Crippen molar-refractivity contribution >= 4 is 28.2 Å². The highest BCUT2D eigenvalue weighted by molar-refractivity contribution is 7.17. The van der Waals surface area contributed by atoms with E-state index in [9.17, 15) is 9.59 Å². The summed E-state index contributed by atoms with van der Waals surface area (Å²) >= 11 is 1.53. The molecule has 0 radical (unpaired) electrons. The van der Waals surface area contributed by atoms with E-state index >= 15 is 0 Å². The molecule has 3 rings (SSSR count). The Kier molecular flexibility index (Phi) is 6.32. The van der Waals surface area contributed by atoms with Crippen LogP contribution in [0, 0.1) is 0 Å². The third-order valence-corrected chi connectivity index (χ3v) is 6.13. The number of amides is 1. The number of fused-ring (bicyclic) bond motifs is 1. The van der Waals surface area contributed by atoms with Gasteiger partial charge in [-0.3, -0.25) is 9.69 Å². The number of hydrogen-bond acceptors (Lipinski definition) is 6. The number of aryl methyl sites for hydroxylation is 1. The molecule has 0 bridgehead atoms. The zero-order valence-corrected chi connectivity index (χ0v) is 16.6. The molecule has 0 saturated carbocycles. The average Bonchev–Trinajstić information content (AvgIpc) is 2.74. The Morgan fingerprint density at radius 1 is 1.19 bits per heavy atom. The molecule has 7 heteroatoms. The van der Waals surface area contributed by atoms with Gasteiger partial charge in [0.05, 0.1) is 31.4 Å². The first kappa shape index (κ1) is 19.3. The summed E-state index contributed by atoms with van der Waals surface area (Å²) in [7, 11) is 1.39. The second-order valence-electron chi connectivity index (χ2n) is 7.26. The standard InChI is InChI=1S/C19H28N2O4S/c1-12-9-21(10-13(2)25-12)11-16(22)20-18-17(19(23)24-3)14-7-5-4-6-8-15(14)26-18/h12-13H,4-11H2,1-3H3,(H,20,22)/t12-,13+. The van der Waals surface area contributed by atoms with Gasteiger partial charge in [-0.05, 0) is 45.1 Å². The number of ether oxygens (including phenoxy) is 2. The van der Waals surface area contributed by atoms with Gasteiger partial charge in [0.1, 0.15) is 5.00 Å². The van der Waals surface area contributed by atoms with Crippen LogP contribution in [0.1, 0.15) is 53.9 Å². The number of morpholine rings is 1. The van der Waals surface area contributed by atoms with Crippen LogP contribution in [-0.2, 0) is 27.1 Å². The lowest BCUT2D eigenvalue weighted by atomic mass is 10.1. The average molecular weight is 381 g/mol. The van der Waals surface area contributed by atoms with Crippen LogP contribution in [-0.4, -0.2) is 55.7 Å². The Bertz CT molecular complexity index is 663. The van der Waals surface area contributed by atoms with Crippen molar-refractivity contribution in [1.82, 2.24) is 4.90 Å². The van der Waals surface area contributed by atoms with Gasteiger partial charge in [0.15, 0.2) is 0 Å². The van der Waals surface area contributed by atoms with Gasteiger partial charge < -0.3 is 14.8 Å². The quantitative estimate of drug-likeness (QED) is 0.643.